The van der Waals surface area contributed by atoms with Gasteiger partial charge < -0.3 is 4.74 Å². The third-order valence-corrected chi connectivity index (χ3v) is 1.86. The molecule has 0 unspecified atom stereocenters. The number of hydrogen-bond donors (Lipinski definition) is 0. The number of carbonyl (C=O) groups excluding carboxylic acids is 1. The predicted octanol–water partition coefficient (Wildman–Crippen LogP) is 2.32. The third kappa shape index (κ3) is 2.50. The third-order valence-electron chi connectivity index (χ3n) is 1.86. The molecule has 0 aliphatic heterocycles. The molecule has 0 saturated heterocycles. The summed E-state index contributed by atoms with van der Waals surface area (Å²) in [7, 11) is 0. The zero-order valence-corrected chi connectivity index (χ0v) is 8.15. The first kappa shape index (κ1) is 12.0. The minimum absolute atomic E-state index is 0.177. The Kier molecular flexibility index (Phi) is 3.49. The molecule has 1 aromatic carbocycles. The number of nitrogens with zero attached hydrogens (tertiary/aromatic N) is 1. The Morgan fingerprint density at radius 3 is 2.56 bits per heavy atom. The van der Waals surface area contributed by atoms with Gasteiger partial charge in [0.05, 0.1) is 16.6 Å². The highest BCUT2D eigenvalue weighted by atomic mass is 19.3. The van der Waals surface area contributed by atoms with Gasteiger partial charge in [0.25, 0.3) is 5.69 Å². The lowest BCUT2D eigenvalue weighted by Gasteiger charge is -2.08. The Hall–Kier alpha value is -2.05. The average Bonchev–Trinajstić information content (AvgIpc) is 2.19. The molecule has 0 heterocycles. The molecule has 0 aromatic heterocycles. The van der Waals surface area contributed by atoms with Crippen molar-refractivity contribution >= 4 is 12.0 Å². The number of hydrogen-bond acceptors (Lipinski definition) is 4. The Morgan fingerprint density at radius 2 is 2.12 bits per heavy atom. The molecule has 0 spiro atoms. The number of aldehydes is 1. The molecule has 16 heavy (non-hydrogen) atoms. The summed E-state index contributed by atoms with van der Waals surface area (Å²) in [6.45, 7) is -1.66. The molecule has 7 heteroatoms. The molecule has 1 rings (SSSR count). The Labute approximate surface area is 88.8 Å². The number of carbonyl (C=O) groups is 1. The van der Waals surface area contributed by atoms with Gasteiger partial charge in [-0.3, -0.25) is 14.9 Å². The van der Waals surface area contributed by atoms with Crippen LogP contribution in [0.1, 0.15) is 15.9 Å². The average molecular weight is 231 g/mol. The van der Waals surface area contributed by atoms with Crippen LogP contribution in [-0.4, -0.2) is 17.8 Å². The monoisotopic (exact) mass is 231 g/mol. The quantitative estimate of drug-likeness (QED) is 0.453. The van der Waals surface area contributed by atoms with E-state index in [0.717, 1.165) is 12.1 Å². The van der Waals surface area contributed by atoms with Crippen molar-refractivity contribution in [3.05, 3.63) is 33.4 Å². The predicted molar refractivity (Wildman–Crippen MR) is 49.9 cm³/mol. The molecule has 0 amide bonds. The lowest BCUT2D eigenvalue weighted by atomic mass is 10.1. The van der Waals surface area contributed by atoms with E-state index in [0.29, 0.717) is 0 Å². The highest BCUT2D eigenvalue weighted by Crippen LogP contribution is 2.28. The fourth-order valence-electron chi connectivity index (χ4n) is 1.18. The normalized spacial score (nSPS) is 10.2. The Morgan fingerprint density at radius 1 is 1.50 bits per heavy atom. The van der Waals surface area contributed by atoms with Crippen molar-refractivity contribution in [3.8, 4) is 5.75 Å². The van der Waals surface area contributed by atoms with E-state index in [1.165, 1.54) is 6.92 Å². The van der Waals surface area contributed by atoms with E-state index in [9.17, 15) is 23.7 Å². The van der Waals surface area contributed by atoms with Crippen LogP contribution in [-0.2, 0) is 0 Å². The van der Waals surface area contributed by atoms with E-state index in [1.807, 2.05) is 0 Å². The number of nitro groups is 1. The second-order valence-corrected chi connectivity index (χ2v) is 2.93. The number of ether oxygens (including phenoxy) is 1. The standard InChI is InChI=1S/C9H7F2NO4/c1-5-2-6(4-13)7(12(14)15)3-8(5)16-9(10)11/h2-4,9H,1H3. The minimum atomic E-state index is -3.07. The smallest absolute Gasteiger partial charge is 0.387 e. The van der Waals surface area contributed by atoms with E-state index in [-0.39, 0.29) is 23.2 Å². The van der Waals surface area contributed by atoms with Gasteiger partial charge in [-0.05, 0) is 18.6 Å². The summed E-state index contributed by atoms with van der Waals surface area (Å²) in [6.07, 6.45) is 0.289. The summed E-state index contributed by atoms with van der Waals surface area (Å²) in [4.78, 5) is 20.2. The summed E-state index contributed by atoms with van der Waals surface area (Å²) < 4.78 is 28.0. The number of halogens is 2. The summed E-state index contributed by atoms with van der Waals surface area (Å²) in [5.41, 5.74) is -0.506. The first-order valence-corrected chi connectivity index (χ1v) is 4.14. The second-order valence-electron chi connectivity index (χ2n) is 2.93. The maximum atomic E-state index is 12.0. The van der Waals surface area contributed by atoms with Crippen molar-refractivity contribution in [2.45, 2.75) is 13.5 Å². The number of nitro benzene ring substituents is 1. The lowest BCUT2D eigenvalue weighted by Crippen LogP contribution is -2.05. The molecule has 0 radical (unpaired) electrons. The minimum Gasteiger partial charge on any atom is -0.434 e. The van der Waals surface area contributed by atoms with Gasteiger partial charge >= 0.3 is 6.61 Å². The lowest BCUT2D eigenvalue weighted by molar-refractivity contribution is -0.385. The highest BCUT2D eigenvalue weighted by Gasteiger charge is 2.18. The van der Waals surface area contributed by atoms with Gasteiger partial charge in [-0.2, -0.15) is 8.78 Å². The molecule has 0 atom stereocenters. The molecule has 0 aliphatic carbocycles. The Bertz CT molecular complexity index is 434. The van der Waals surface area contributed by atoms with E-state index in [2.05, 4.69) is 4.74 Å². The van der Waals surface area contributed by atoms with Crippen LogP contribution >= 0.6 is 0 Å². The van der Waals surface area contributed by atoms with E-state index in [1.54, 1.807) is 0 Å². The summed E-state index contributed by atoms with van der Waals surface area (Å²) >= 11 is 0. The topological polar surface area (TPSA) is 69.4 Å². The number of alkyl halides is 2. The van der Waals surface area contributed by atoms with Crippen molar-refractivity contribution in [3.63, 3.8) is 0 Å². The molecule has 1 aromatic rings. The first-order valence-electron chi connectivity index (χ1n) is 4.14. The van der Waals surface area contributed by atoms with E-state index in [4.69, 9.17) is 0 Å². The van der Waals surface area contributed by atoms with Crippen LogP contribution in [0.4, 0.5) is 14.5 Å². The van der Waals surface area contributed by atoms with Crippen LogP contribution in [0.2, 0.25) is 0 Å². The van der Waals surface area contributed by atoms with Crippen LogP contribution < -0.4 is 4.74 Å². The van der Waals surface area contributed by atoms with Gasteiger partial charge in [0.2, 0.25) is 0 Å². The number of rotatable bonds is 4. The van der Waals surface area contributed by atoms with Crippen molar-refractivity contribution in [2.24, 2.45) is 0 Å². The molecule has 0 saturated carbocycles. The number of benzene rings is 1. The highest BCUT2D eigenvalue weighted by molar-refractivity contribution is 5.82. The van der Waals surface area contributed by atoms with Crippen molar-refractivity contribution in [1.29, 1.82) is 0 Å². The fraction of sp³-hybridized carbons (Fsp3) is 0.222. The maximum absolute atomic E-state index is 12.0. The van der Waals surface area contributed by atoms with Crippen LogP contribution in [0.5, 0.6) is 5.75 Å². The van der Waals surface area contributed by atoms with Gasteiger partial charge in [0.15, 0.2) is 6.29 Å². The van der Waals surface area contributed by atoms with Gasteiger partial charge in [-0.25, -0.2) is 0 Å². The Balaban J connectivity index is 3.27. The first-order chi connectivity index (χ1) is 7.45. The van der Waals surface area contributed by atoms with Crippen LogP contribution in [0.3, 0.4) is 0 Å². The second kappa shape index (κ2) is 4.65. The summed E-state index contributed by atoms with van der Waals surface area (Å²) in [6, 6.07) is 1.94. The van der Waals surface area contributed by atoms with Gasteiger partial charge in [0, 0.05) is 0 Å². The van der Waals surface area contributed by atoms with Crippen LogP contribution in [0.25, 0.3) is 0 Å². The largest absolute Gasteiger partial charge is 0.434 e. The molecular formula is C9H7F2NO4. The van der Waals surface area contributed by atoms with Crippen LogP contribution in [0, 0.1) is 17.0 Å². The fourth-order valence-corrected chi connectivity index (χ4v) is 1.18. The van der Waals surface area contributed by atoms with Gasteiger partial charge in [0.1, 0.15) is 5.75 Å². The molecule has 0 aliphatic rings. The molecular weight excluding hydrogens is 224 g/mol. The molecule has 86 valence electrons. The SMILES string of the molecule is Cc1cc(C=O)c([N+](=O)[O-])cc1OC(F)F. The zero-order valence-electron chi connectivity index (χ0n) is 8.15. The molecule has 5 nitrogen and oxygen atoms in total. The summed E-state index contributed by atoms with van der Waals surface area (Å²) in [5, 5.41) is 10.5. The zero-order chi connectivity index (χ0) is 12.3. The van der Waals surface area contributed by atoms with Crippen molar-refractivity contribution in [2.75, 3.05) is 0 Å². The van der Waals surface area contributed by atoms with Crippen LogP contribution in [0.15, 0.2) is 12.1 Å². The van der Waals surface area contributed by atoms with Crippen molar-refractivity contribution in [1.82, 2.24) is 0 Å². The molecule has 0 bridgehead atoms. The van der Waals surface area contributed by atoms with Gasteiger partial charge in [-0.15, -0.1) is 0 Å². The van der Waals surface area contributed by atoms with E-state index < -0.39 is 17.2 Å². The van der Waals surface area contributed by atoms with Crippen molar-refractivity contribution < 1.29 is 23.2 Å². The van der Waals surface area contributed by atoms with Gasteiger partial charge in [-0.1, -0.05) is 0 Å². The van der Waals surface area contributed by atoms with E-state index >= 15 is 0 Å². The molecule has 0 fully saturated rings. The maximum Gasteiger partial charge on any atom is 0.387 e. The number of aryl methyl sites for hydroxylation is 1. The summed E-state index contributed by atoms with van der Waals surface area (Å²) in [5.74, 6) is -0.313. The molecule has 0 N–H and O–H groups in total.